The van der Waals surface area contributed by atoms with Crippen LogP contribution in [0.15, 0.2) is 30.3 Å². The molecule has 1 aromatic rings. The molecular weight excluding hydrogens is 370 g/mol. The van der Waals surface area contributed by atoms with Crippen LogP contribution in [0.1, 0.15) is 59.4 Å². The molecule has 6 heteroatoms. The number of rotatable bonds is 4. The molecule has 156 valence electrons. The van der Waals surface area contributed by atoms with Gasteiger partial charge in [0.25, 0.3) is 0 Å². The number of hydrogen-bond acceptors (Lipinski definition) is 4. The Balaban J connectivity index is 2.32. The number of carbonyl (C=O) groups is 2. The molecule has 0 N–H and O–H groups in total. The molecule has 1 fully saturated rings. The fraction of sp³-hybridized carbons (Fsp3) is 0.636. The van der Waals surface area contributed by atoms with Gasteiger partial charge in [-0.1, -0.05) is 51.1 Å². The Morgan fingerprint density at radius 2 is 1.68 bits per heavy atom. The highest BCUT2D eigenvalue weighted by atomic mass is 28.4. The minimum Gasteiger partial charge on any atom is -0.443 e. The first-order chi connectivity index (χ1) is 12.7. The topological polar surface area (TPSA) is 55.8 Å². The number of benzene rings is 1. The molecular formula is C22H35NO4Si. The Labute approximate surface area is 170 Å². The third kappa shape index (κ3) is 5.23. The SMILES string of the molecule is CC(C)(C)OC(=O)N1C(=O)C[C@H](c2ccccc2)[C@@H]1CO[Si](C)(C)C(C)(C)C. The molecule has 2 atom stereocenters. The number of likely N-dealkylation sites (tertiary alicyclic amines) is 1. The highest BCUT2D eigenvalue weighted by Crippen LogP contribution is 2.40. The van der Waals surface area contributed by atoms with E-state index in [-0.39, 0.29) is 29.3 Å². The summed E-state index contributed by atoms with van der Waals surface area (Å²) in [6.07, 6.45) is -0.297. The van der Waals surface area contributed by atoms with Gasteiger partial charge in [0.1, 0.15) is 5.60 Å². The van der Waals surface area contributed by atoms with E-state index in [2.05, 4.69) is 33.9 Å². The third-order valence-corrected chi connectivity index (χ3v) is 10.2. The summed E-state index contributed by atoms with van der Waals surface area (Å²) < 4.78 is 12.0. The summed E-state index contributed by atoms with van der Waals surface area (Å²) in [6, 6.07) is 9.53. The summed E-state index contributed by atoms with van der Waals surface area (Å²) in [4.78, 5) is 26.9. The second-order valence-electron chi connectivity index (χ2n) is 10.1. The first-order valence-corrected chi connectivity index (χ1v) is 12.9. The molecule has 0 unspecified atom stereocenters. The monoisotopic (exact) mass is 405 g/mol. The van der Waals surface area contributed by atoms with Crippen molar-refractivity contribution in [3.05, 3.63) is 35.9 Å². The van der Waals surface area contributed by atoms with E-state index < -0.39 is 20.0 Å². The van der Waals surface area contributed by atoms with Gasteiger partial charge >= 0.3 is 6.09 Å². The first-order valence-electron chi connectivity index (χ1n) is 9.97. The number of ether oxygens (including phenoxy) is 1. The van der Waals surface area contributed by atoms with E-state index in [1.165, 1.54) is 4.90 Å². The van der Waals surface area contributed by atoms with Gasteiger partial charge in [-0.25, -0.2) is 9.69 Å². The van der Waals surface area contributed by atoms with Crippen LogP contribution < -0.4 is 0 Å². The van der Waals surface area contributed by atoms with Crippen LogP contribution in [0.2, 0.25) is 18.1 Å². The van der Waals surface area contributed by atoms with Crippen molar-refractivity contribution in [1.82, 2.24) is 4.90 Å². The van der Waals surface area contributed by atoms with Crippen molar-refractivity contribution in [2.45, 2.75) is 83.7 Å². The van der Waals surface area contributed by atoms with Crippen molar-refractivity contribution in [3.8, 4) is 0 Å². The number of imide groups is 1. The van der Waals surface area contributed by atoms with Crippen LogP contribution in [0.5, 0.6) is 0 Å². The highest BCUT2D eigenvalue weighted by Gasteiger charge is 2.47. The number of hydrogen-bond donors (Lipinski definition) is 0. The second kappa shape index (κ2) is 7.99. The number of amides is 2. The molecule has 1 saturated heterocycles. The van der Waals surface area contributed by atoms with E-state index in [9.17, 15) is 9.59 Å². The van der Waals surface area contributed by atoms with Gasteiger partial charge in [0.05, 0.1) is 12.6 Å². The number of nitrogens with zero attached hydrogens (tertiary/aromatic N) is 1. The van der Waals surface area contributed by atoms with Crippen molar-refractivity contribution in [2.75, 3.05) is 6.61 Å². The fourth-order valence-electron chi connectivity index (χ4n) is 3.08. The zero-order valence-corrected chi connectivity index (χ0v) is 19.5. The second-order valence-corrected chi connectivity index (χ2v) is 14.9. The molecule has 1 aliphatic heterocycles. The maximum Gasteiger partial charge on any atom is 0.417 e. The van der Waals surface area contributed by atoms with Gasteiger partial charge in [-0.05, 0) is 44.5 Å². The zero-order valence-electron chi connectivity index (χ0n) is 18.5. The van der Waals surface area contributed by atoms with E-state index in [0.29, 0.717) is 6.61 Å². The van der Waals surface area contributed by atoms with Crippen LogP contribution in [0.4, 0.5) is 4.79 Å². The van der Waals surface area contributed by atoms with Crippen molar-refractivity contribution in [2.24, 2.45) is 0 Å². The number of carbonyl (C=O) groups excluding carboxylic acids is 2. The summed E-state index contributed by atoms with van der Waals surface area (Å²) in [5.74, 6) is -0.294. The lowest BCUT2D eigenvalue weighted by atomic mass is 9.92. The summed E-state index contributed by atoms with van der Waals surface area (Å²) in [6.45, 7) is 16.7. The molecule has 0 radical (unpaired) electrons. The van der Waals surface area contributed by atoms with Gasteiger partial charge < -0.3 is 9.16 Å². The highest BCUT2D eigenvalue weighted by molar-refractivity contribution is 6.74. The molecule has 1 aromatic carbocycles. The molecule has 0 saturated carbocycles. The van der Waals surface area contributed by atoms with Crippen molar-refractivity contribution < 1.29 is 18.8 Å². The first kappa shape index (κ1) is 22.6. The van der Waals surface area contributed by atoms with E-state index >= 15 is 0 Å². The molecule has 2 amide bonds. The molecule has 0 bridgehead atoms. The van der Waals surface area contributed by atoms with Gasteiger partial charge in [-0.2, -0.15) is 0 Å². The zero-order chi connectivity index (χ0) is 21.3. The predicted octanol–water partition coefficient (Wildman–Crippen LogP) is 5.33. The van der Waals surface area contributed by atoms with Crippen LogP contribution in [-0.4, -0.2) is 43.5 Å². The molecule has 5 nitrogen and oxygen atoms in total. The molecule has 1 heterocycles. The van der Waals surface area contributed by atoms with Gasteiger partial charge in [0.2, 0.25) is 5.91 Å². The predicted molar refractivity (Wildman–Crippen MR) is 114 cm³/mol. The lowest BCUT2D eigenvalue weighted by Gasteiger charge is -2.38. The van der Waals surface area contributed by atoms with E-state index in [0.717, 1.165) is 5.56 Å². The Morgan fingerprint density at radius 3 is 2.18 bits per heavy atom. The minimum absolute atomic E-state index is 0.0502. The average molecular weight is 406 g/mol. The summed E-state index contributed by atoms with van der Waals surface area (Å²) in [5.41, 5.74) is 0.387. The Morgan fingerprint density at radius 1 is 1.11 bits per heavy atom. The molecule has 0 spiro atoms. The van der Waals surface area contributed by atoms with Gasteiger partial charge in [-0.3, -0.25) is 4.79 Å². The van der Waals surface area contributed by atoms with E-state index in [1.54, 1.807) is 20.8 Å². The normalized spacial score (nSPS) is 21.1. The lowest BCUT2D eigenvalue weighted by Crippen LogP contribution is -2.49. The van der Waals surface area contributed by atoms with Gasteiger partial charge in [-0.15, -0.1) is 0 Å². The van der Waals surface area contributed by atoms with E-state index in [4.69, 9.17) is 9.16 Å². The van der Waals surface area contributed by atoms with E-state index in [1.807, 2.05) is 30.3 Å². The van der Waals surface area contributed by atoms with Crippen LogP contribution in [-0.2, 0) is 14.0 Å². The summed E-state index contributed by atoms with van der Waals surface area (Å²) in [7, 11) is -2.03. The summed E-state index contributed by atoms with van der Waals surface area (Å²) >= 11 is 0. The van der Waals surface area contributed by atoms with Crippen molar-refractivity contribution in [1.29, 1.82) is 0 Å². The minimum atomic E-state index is -2.03. The van der Waals surface area contributed by atoms with Crippen LogP contribution >= 0.6 is 0 Å². The molecule has 0 aliphatic carbocycles. The summed E-state index contributed by atoms with van der Waals surface area (Å²) in [5, 5.41) is 0.0502. The molecule has 2 rings (SSSR count). The average Bonchev–Trinajstić information content (AvgIpc) is 2.88. The quantitative estimate of drug-likeness (QED) is 0.636. The van der Waals surface area contributed by atoms with Crippen LogP contribution in [0.3, 0.4) is 0 Å². The van der Waals surface area contributed by atoms with Crippen LogP contribution in [0, 0.1) is 0 Å². The Bertz CT molecular complexity index is 703. The van der Waals surface area contributed by atoms with Gasteiger partial charge in [0, 0.05) is 12.3 Å². The largest absolute Gasteiger partial charge is 0.443 e. The maximum absolute atomic E-state index is 12.8. The van der Waals surface area contributed by atoms with Crippen LogP contribution in [0.25, 0.3) is 0 Å². The third-order valence-electron chi connectivity index (χ3n) is 5.70. The van der Waals surface area contributed by atoms with Crippen molar-refractivity contribution in [3.63, 3.8) is 0 Å². The van der Waals surface area contributed by atoms with Gasteiger partial charge in [0.15, 0.2) is 8.32 Å². The molecule has 0 aromatic heterocycles. The maximum atomic E-state index is 12.8. The molecule has 28 heavy (non-hydrogen) atoms. The fourth-order valence-corrected chi connectivity index (χ4v) is 4.10. The molecule has 1 aliphatic rings. The standard InChI is InChI=1S/C22H35NO4Si/c1-21(2,3)27-20(25)23-18(15-26-28(7,8)22(4,5)6)17(14-19(23)24)16-12-10-9-11-13-16/h9-13,17-18H,14-15H2,1-8H3/t17-,18+/m1/s1. The Hall–Kier alpha value is -1.66. The Kier molecular flexibility index (Phi) is 6.46. The smallest absolute Gasteiger partial charge is 0.417 e. The van der Waals surface area contributed by atoms with Crippen molar-refractivity contribution >= 4 is 20.3 Å². The lowest BCUT2D eigenvalue weighted by molar-refractivity contribution is -0.128.